The smallest absolute Gasteiger partial charge is 0.377 e. The number of carbonyl (C=O) groups is 1. The van der Waals surface area contributed by atoms with E-state index < -0.39 is 11.9 Å². The lowest BCUT2D eigenvalue weighted by molar-refractivity contribution is -0.141. The SMILES string of the molecule is COCC(=O)/C=C(\C)c1ccc(C(F)(F)F)nc1. The summed E-state index contributed by atoms with van der Waals surface area (Å²) in [5, 5.41) is 0. The number of aromatic nitrogens is 1. The largest absolute Gasteiger partial charge is 0.433 e. The van der Waals surface area contributed by atoms with Crippen LogP contribution in [-0.2, 0) is 15.7 Å². The molecule has 0 saturated carbocycles. The third kappa shape index (κ3) is 3.96. The van der Waals surface area contributed by atoms with E-state index in [1.807, 2.05) is 0 Å². The minimum absolute atomic E-state index is 0.0641. The first-order valence-corrected chi connectivity index (χ1v) is 5.08. The van der Waals surface area contributed by atoms with Crippen LogP contribution in [0.25, 0.3) is 5.57 Å². The van der Waals surface area contributed by atoms with Gasteiger partial charge in [-0.25, -0.2) is 0 Å². The summed E-state index contributed by atoms with van der Waals surface area (Å²) in [6.45, 7) is 1.56. The summed E-state index contributed by atoms with van der Waals surface area (Å²) in [4.78, 5) is 14.6. The maximum Gasteiger partial charge on any atom is 0.433 e. The van der Waals surface area contributed by atoms with Gasteiger partial charge in [0.15, 0.2) is 5.78 Å². The van der Waals surface area contributed by atoms with Crippen molar-refractivity contribution in [2.24, 2.45) is 0 Å². The van der Waals surface area contributed by atoms with E-state index >= 15 is 0 Å². The summed E-state index contributed by atoms with van der Waals surface area (Å²) in [7, 11) is 1.39. The van der Waals surface area contributed by atoms with Crippen molar-refractivity contribution >= 4 is 11.4 Å². The minimum Gasteiger partial charge on any atom is -0.377 e. The first-order valence-electron chi connectivity index (χ1n) is 5.08. The highest BCUT2D eigenvalue weighted by molar-refractivity contribution is 5.97. The lowest BCUT2D eigenvalue weighted by atomic mass is 10.1. The Morgan fingerprint density at radius 2 is 2.11 bits per heavy atom. The van der Waals surface area contributed by atoms with Crippen LogP contribution in [0.2, 0.25) is 0 Å². The summed E-state index contributed by atoms with van der Waals surface area (Å²) >= 11 is 0. The molecule has 0 aliphatic heterocycles. The first kappa shape index (κ1) is 14.4. The van der Waals surface area contributed by atoms with E-state index in [2.05, 4.69) is 9.72 Å². The molecule has 0 saturated heterocycles. The van der Waals surface area contributed by atoms with Gasteiger partial charge in [-0.1, -0.05) is 6.07 Å². The summed E-state index contributed by atoms with van der Waals surface area (Å²) < 4.78 is 41.5. The van der Waals surface area contributed by atoms with E-state index in [0.29, 0.717) is 11.1 Å². The van der Waals surface area contributed by atoms with E-state index in [9.17, 15) is 18.0 Å². The van der Waals surface area contributed by atoms with Crippen molar-refractivity contribution in [1.82, 2.24) is 4.98 Å². The number of nitrogens with zero attached hydrogens (tertiary/aromatic N) is 1. The number of ketones is 1. The molecule has 0 aliphatic rings. The average Bonchev–Trinajstić information content (AvgIpc) is 2.28. The topological polar surface area (TPSA) is 39.2 Å². The molecule has 0 atom stereocenters. The summed E-state index contributed by atoms with van der Waals surface area (Å²) in [6.07, 6.45) is -2.05. The van der Waals surface area contributed by atoms with Gasteiger partial charge in [0.2, 0.25) is 0 Å². The Hall–Kier alpha value is -1.69. The highest BCUT2D eigenvalue weighted by Crippen LogP contribution is 2.27. The molecular formula is C12H12F3NO2. The Morgan fingerprint density at radius 3 is 2.56 bits per heavy atom. The zero-order valence-corrected chi connectivity index (χ0v) is 9.91. The van der Waals surface area contributed by atoms with Gasteiger partial charge in [-0.05, 0) is 30.2 Å². The van der Waals surface area contributed by atoms with Crippen LogP contribution in [0.5, 0.6) is 0 Å². The fraction of sp³-hybridized carbons (Fsp3) is 0.333. The maximum absolute atomic E-state index is 12.3. The van der Waals surface area contributed by atoms with Gasteiger partial charge in [0.1, 0.15) is 12.3 Å². The van der Waals surface area contributed by atoms with Gasteiger partial charge in [0.05, 0.1) is 0 Å². The minimum atomic E-state index is -4.46. The van der Waals surface area contributed by atoms with E-state index in [1.54, 1.807) is 6.92 Å². The highest BCUT2D eigenvalue weighted by atomic mass is 19.4. The molecule has 3 nitrogen and oxygen atoms in total. The predicted octanol–water partition coefficient (Wildman–Crippen LogP) is 2.72. The van der Waals surface area contributed by atoms with Crippen molar-refractivity contribution in [2.45, 2.75) is 13.1 Å². The van der Waals surface area contributed by atoms with Gasteiger partial charge in [-0.15, -0.1) is 0 Å². The molecule has 6 heteroatoms. The van der Waals surface area contributed by atoms with Crippen LogP contribution >= 0.6 is 0 Å². The van der Waals surface area contributed by atoms with E-state index in [4.69, 9.17) is 0 Å². The van der Waals surface area contributed by atoms with Crippen molar-refractivity contribution in [1.29, 1.82) is 0 Å². The lowest BCUT2D eigenvalue weighted by Gasteiger charge is -2.06. The van der Waals surface area contributed by atoms with Crippen molar-refractivity contribution in [2.75, 3.05) is 13.7 Å². The van der Waals surface area contributed by atoms with Crippen LogP contribution < -0.4 is 0 Å². The van der Waals surface area contributed by atoms with Crippen LogP contribution in [0.1, 0.15) is 18.2 Å². The molecule has 0 radical (unpaired) electrons. The highest BCUT2D eigenvalue weighted by Gasteiger charge is 2.31. The molecular weight excluding hydrogens is 247 g/mol. The normalized spacial score (nSPS) is 12.6. The standard InChI is InChI=1S/C12H12F3NO2/c1-8(5-10(17)7-18-2)9-3-4-11(16-6-9)12(13,14)15/h3-6H,7H2,1-2H3/b8-5+. The molecule has 18 heavy (non-hydrogen) atoms. The number of hydrogen-bond donors (Lipinski definition) is 0. The fourth-order valence-corrected chi connectivity index (χ4v) is 1.30. The second-order valence-corrected chi connectivity index (χ2v) is 3.66. The lowest BCUT2D eigenvalue weighted by Crippen LogP contribution is -2.07. The summed E-state index contributed by atoms with van der Waals surface area (Å²) in [6, 6.07) is 2.16. The van der Waals surface area contributed by atoms with Gasteiger partial charge >= 0.3 is 6.18 Å². The number of alkyl halides is 3. The van der Waals surface area contributed by atoms with Crippen molar-refractivity contribution in [3.05, 3.63) is 35.7 Å². The molecule has 0 unspecified atom stereocenters. The van der Waals surface area contributed by atoms with E-state index in [0.717, 1.165) is 12.3 Å². The molecule has 0 bridgehead atoms. The zero-order chi connectivity index (χ0) is 13.8. The molecule has 1 heterocycles. The number of carbonyl (C=O) groups excluding carboxylic acids is 1. The number of ether oxygens (including phenoxy) is 1. The molecule has 98 valence electrons. The molecule has 0 amide bonds. The number of rotatable bonds is 4. The van der Waals surface area contributed by atoms with Crippen LogP contribution in [0.15, 0.2) is 24.4 Å². The maximum atomic E-state index is 12.3. The number of methoxy groups -OCH3 is 1. The average molecular weight is 259 g/mol. The molecule has 0 fully saturated rings. The Bertz CT molecular complexity index is 449. The number of halogens is 3. The van der Waals surface area contributed by atoms with Crippen LogP contribution in [0.4, 0.5) is 13.2 Å². The molecule has 0 aromatic carbocycles. The number of allylic oxidation sites excluding steroid dienone is 1. The van der Waals surface area contributed by atoms with Gasteiger partial charge in [-0.3, -0.25) is 9.78 Å². The van der Waals surface area contributed by atoms with Gasteiger partial charge < -0.3 is 4.74 Å². The second kappa shape index (κ2) is 5.77. The molecule has 1 aromatic rings. The Labute approximate surface area is 102 Å². The number of hydrogen-bond acceptors (Lipinski definition) is 3. The van der Waals surface area contributed by atoms with Crippen LogP contribution in [-0.4, -0.2) is 24.5 Å². The molecule has 0 spiro atoms. The van der Waals surface area contributed by atoms with Crippen LogP contribution in [0.3, 0.4) is 0 Å². The van der Waals surface area contributed by atoms with E-state index in [1.165, 1.54) is 19.3 Å². The quantitative estimate of drug-likeness (QED) is 0.780. The summed E-state index contributed by atoms with van der Waals surface area (Å²) in [5.41, 5.74) is 0.0491. The summed E-state index contributed by atoms with van der Waals surface area (Å²) in [5.74, 6) is -0.255. The van der Waals surface area contributed by atoms with Gasteiger partial charge in [-0.2, -0.15) is 13.2 Å². The Balaban J connectivity index is 2.89. The van der Waals surface area contributed by atoms with Crippen molar-refractivity contribution in [3.8, 4) is 0 Å². The monoisotopic (exact) mass is 259 g/mol. The zero-order valence-electron chi connectivity index (χ0n) is 9.91. The van der Waals surface area contributed by atoms with Gasteiger partial charge in [0, 0.05) is 13.3 Å². The third-order valence-corrected chi connectivity index (χ3v) is 2.17. The van der Waals surface area contributed by atoms with E-state index in [-0.39, 0.29) is 12.4 Å². The molecule has 0 N–H and O–H groups in total. The van der Waals surface area contributed by atoms with Gasteiger partial charge in [0.25, 0.3) is 0 Å². The second-order valence-electron chi connectivity index (χ2n) is 3.66. The Kier molecular flexibility index (Phi) is 4.61. The molecule has 1 aromatic heterocycles. The molecule has 0 aliphatic carbocycles. The predicted molar refractivity (Wildman–Crippen MR) is 59.8 cm³/mol. The number of pyridine rings is 1. The molecule has 1 rings (SSSR count). The Morgan fingerprint density at radius 1 is 1.44 bits per heavy atom. The fourth-order valence-electron chi connectivity index (χ4n) is 1.30. The third-order valence-electron chi connectivity index (χ3n) is 2.17. The first-order chi connectivity index (χ1) is 8.34. The van der Waals surface area contributed by atoms with Crippen molar-refractivity contribution in [3.63, 3.8) is 0 Å². The van der Waals surface area contributed by atoms with Crippen LogP contribution in [0, 0.1) is 0 Å². The van der Waals surface area contributed by atoms with Crippen molar-refractivity contribution < 1.29 is 22.7 Å².